The maximum atomic E-state index is 14.0. The van der Waals surface area contributed by atoms with E-state index in [0.29, 0.717) is 17.4 Å². The van der Waals surface area contributed by atoms with Gasteiger partial charge in [-0.05, 0) is 41.8 Å². The number of piperidine rings is 1. The number of anilines is 2. The van der Waals surface area contributed by atoms with Crippen molar-refractivity contribution in [3.05, 3.63) is 102 Å². The van der Waals surface area contributed by atoms with Crippen LogP contribution in [-0.2, 0) is 16.9 Å². The molecule has 1 aliphatic heterocycles. The van der Waals surface area contributed by atoms with Crippen molar-refractivity contribution in [2.24, 2.45) is 5.92 Å². The highest BCUT2D eigenvalue weighted by Crippen LogP contribution is 2.36. The molecule has 242 valence electrons. The number of fused-ring (bicyclic) bond motifs is 1. The topological polar surface area (TPSA) is 204 Å². The van der Waals surface area contributed by atoms with Crippen LogP contribution in [0, 0.1) is 5.92 Å². The smallest absolute Gasteiger partial charge is 0.412 e. The Bertz CT molecular complexity index is 1840. The van der Waals surface area contributed by atoms with Crippen molar-refractivity contribution in [1.82, 2.24) is 25.9 Å². The zero-order chi connectivity index (χ0) is 33.6. The number of ether oxygens (including phenoxy) is 1. The van der Waals surface area contributed by atoms with Gasteiger partial charge in [0.15, 0.2) is 5.69 Å². The van der Waals surface area contributed by atoms with Gasteiger partial charge in [0, 0.05) is 23.7 Å². The summed E-state index contributed by atoms with van der Waals surface area (Å²) in [4.78, 5) is 59.5. The minimum atomic E-state index is -1.55. The molecule has 1 aliphatic rings. The number of hydrogen-bond donors (Lipinski definition) is 7. The molecule has 14 nitrogen and oxygen atoms in total. The molecular formula is C33H33N7O7. The molecule has 2 aromatic carbocycles. The Morgan fingerprint density at radius 3 is 2.55 bits per heavy atom. The van der Waals surface area contributed by atoms with Gasteiger partial charge >= 0.3 is 18.3 Å². The zero-order valence-corrected chi connectivity index (χ0v) is 25.3. The van der Waals surface area contributed by atoms with E-state index in [2.05, 4.69) is 43.1 Å². The molecule has 4 amide bonds. The number of carbonyl (C=O) groups excluding carboxylic acids is 2. The van der Waals surface area contributed by atoms with E-state index >= 15 is 0 Å². The third-order valence-electron chi connectivity index (χ3n) is 7.87. The largest absolute Gasteiger partial charge is 0.465 e. The summed E-state index contributed by atoms with van der Waals surface area (Å²) < 4.78 is 5.38. The molecule has 1 saturated heterocycles. The van der Waals surface area contributed by atoms with E-state index in [1.54, 1.807) is 43.3 Å². The molecule has 0 bridgehead atoms. The van der Waals surface area contributed by atoms with E-state index in [-0.39, 0.29) is 41.7 Å². The van der Waals surface area contributed by atoms with Crippen LogP contribution in [0.15, 0.2) is 79.6 Å². The van der Waals surface area contributed by atoms with Crippen molar-refractivity contribution in [2.45, 2.75) is 25.1 Å². The quantitative estimate of drug-likeness (QED) is 0.135. The summed E-state index contributed by atoms with van der Waals surface area (Å²) in [7, 11) is 0. The molecule has 47 heavy (non-hydrogen) atoms. The summed E-state index contributed by atoms with van der Waals surface area (Å²) >= 11 is 0. The van der Waals surface area contributed by atoms with Crippen LogP contribution in [0.2, 0.25) is 0 Å². The van der Waals surface area contributed by atoms with Gasteiger partial charge in [-0.15, -0.1) is 0 Å². The number of benzene rings is 2. The van der Waals surface area contributed by atoms with Gasteiger partial charge < -0.3 is 36.2 Å². The van der Waals surface area contributed by atoms with Gasteiger partial charge in [0.1, 0.15) is 12.1 Å². The number of rotatable bonds is 9. The molecule has 0 aliphatic carbocycles. The third-order valence-corrected chi connectivity index (χ3v) is 7.87. The van der Waals surface area contributed by atoms with E-state index in [4.69, 9.17) is 4.74 Å². The van der Waals surface area contributed by atoms with Crippen LogP contribution < -0.4 is 26.6 Å². The summed E-state index contributed by atoms with van der Waals surface area (Å²) in [6.45, 7) is 5.96. The Hall–Kier alpha value is -6.02. The molecule has 2 aromatic heterocycles. The van der Waals surface area contributed by atoms with Crippen molar-refractivity contribution in [2.75, 3.05) is 23.7 Å². The molecule has 3 heterocycles. The van der Waals surface area contributed by atoms with Crippen LogP contribution in [0.1, 0.15) is 34.1 Å². The highest BCUT2D eigenvalue weighted by Gasteiger charge is 2.49. The lowest BCUT2D eigenvalue weighted by atomic mass is 9.74. The van der Waals surface area contributed by atoms with Crippen molar-refractivity contribution in [3.63, 3.8) is 0 Å². The Morgan fingerprint density at radius 1 is 1.04 bits per heavy atom. The SMILES string of the molecule is C=Cc1ccc2cc(NC(=O)OCc3ccccc3)c(C(=O)Nc3cnccc3[C@@]3(NC(=O)O)CNCC(C)C3NC(=O)O)nc2c1. The summed E-state index contributed by atoms with van der Waals surface area (Å²) in [5.41, 5.74) is 0.664. The Kier molecular flexibility index (Phi) is 9.61. The molecule has 14 heteroatoms. The number of hydrogen-bond acceptors (Lipinski definition) is 8. The first-order valence-electron chi connectivity index (χ1n) is 14.6. The van der Waals surface area contributed by atoms with Gasteiger partial charge in [0.05, 0.1) is 29.1 Å². The van der Waals surface area contributed by atoms with E-state index in [1.165, 1.54) is 18.5 Å². The first-order valence-corrected chi connectivity index (χ1v) is 14.6. The van der Waals surface area contributed by atoms with E-state index in [9.17, 15) is 29.4 Å². The molecule has 7 N–H and O–H groups in total. The second-order valence-electron chi connectivity index (χ2n) is 11.0. The van der Waals surface area contributed by atoms with Gasteiger partial charge in [-0.25, -0.2) is 19.4 Å². The number of pyridine rings is 2. The van der Waals surface area contributed by atoms with Gasteiger partial charge in [-0.3, -0.25) is 15.1 Å². The van der Waals surface area contributed by atoms with Gasteiger partial charge in [0.2, 0.25) is 0 Å². The average molecular weight is 640 g/mol. The molecule has 2 unspecified atom stereocenters. The van der Waals surface area contributed by atoms with Crippen LogP contribution in [-0.4, -0.2) is 63.5 Å². The van der Waals surface area contributed by atoms with Crippen molar-refractivity contribution in [1.29, 1.82) is 0 Å². The highest BCUT2D eigenvalue weighted by molar-refractivity contribution is 6.10. The fraction of sp³-hybridized carbons (Fsp3) is 0.212. The van der Waals surface area contributed by atoms with Crippen LogP contribution in [0.25, 0.3) is 17.0 Å². The van der Waals surface area contributed by atoms with Crippen molar-refractivity contribution >= 4 is 52.5 Å². The minimum absolute atomic E-state index is 0.0000850. The van der Waals surface area contributed by atoms with Gasteiger partial charge in [-0.2, -0.15) is 0 Å². The highest BCUT2D eigenvalue weighted by atomic mass is 16.5. The standard InChI is InChI=1S/C33H33N7O7/c1-3-20-9-10-22-14-25(38-32(46)47-17-21-7-5-4-6-8-21)27(36-24(22)13-20)29(41)37-26-16-34-12-11-23(26)33(40-31(44)45)18-35-15-19(2)28(33)39-30(42)43/h3-14,16,19,28,35,39-40H,1,15,17-18H2,2H3,(H,37,41)(H,38,46)(H,42,43)(H,44,45)/t19?,28?,33-/m0/s1. The predicted octanol–water partition coefficient (Wildman–Crippen LogP) is 4.61. The first-order chi connectivity index (χ1) is 22.6. The molecule has 0 radical (unpaired) electrons. The van der Waals surface area contributed by atoms with E-state index in [0.717, 1.165) is 11.1 Å². The monoisotopic (exact) mass is 639 g/mol. The molecule has 4 aromatic rings. The lowest BCUT2D eigenvalue weighted by Crippen LogP contribution is -2.70. The maximum absolute atomic E-state index is 14.0. The number of nitrogens with one attached hydrogen (secondary N) is 5. The fourth-order valence-corrected chi connectivity index (χ4v) is 5.77. The van der Waals surface area contributed by atoms with Crippen LogP contribution >= 0.6 is 0 Å². The third kappa shape index (κ3) is 7.28. The number of carboxylic acid groups (broad SMARTS) is 2. The molecule has 0 saturated carbocycles. The average Bonchev–Trinajstić information content (AvgIpc) is 3.05. The van der Waals surface area contributed by atoms with E-state index < -0.39 is 35.8 Å². The first kappa shape index (κ1) is 32.4. The van der Waals surface area contributed by atoms with Crippen LogP contribution in [0.4, 0.5) is 25.8 Å². The van der Waals surface area contributed by atoms with Gasteiger partial charge in [0.25, 0.3) is 5.91 Å². The lowest BCUT2D eigenvalue weighted by Gasteiger charge is -2.47. The molecular weight excluding hydrogens is 606 g/mol. The second kappa shape index (κ2) is 14.0. The van der Waals surface area contributed by atoms with Crippen LogP contribution in [0.3, 0.4) is 0 Å². The predicted molar refractivity (Wildman–Crippen MR) is 174 cm³/mol. The number of aromatic nitrogens is 2. The molecule has 1 fully saturated rings. The van der Waals surface area contributed by atoms with Crippen molar-refractivity contribution in [3.8, 4) is 0 Å². The Balaban J connectivity index is 1.53. The van der Waals surface area contributed by atoms with E-state index in [1.807, 2.05) is 24.3 Å². The molecule has 3 atom stereocenters. The second-order valence-corrected chi connectivity index (χ2v) is 11.0. The normalized spacial score (nSPS) is 18.8. The summed E-state index contributed by atoms with van der Waals surface area (Å²) in [6, 6.07) is 16.6. The summed E-state index contributed by atoms with van der Waals surface area (Å²) in [5, 5.41) is 33.6. The minimum Gasteiger partial charge on any atom is -0.465 e. The van der Waals surface area contributed by atoms with Gasteiger partial charge in [-0.1, -0.05) is 62.0 Å². The maximum Gasteiger partial charge on any atom is 0.412 e. The lowest BCUT2D eigenvalue weighted by molar-refractivity contribution is 0.102. The van der Waals surface area contributed by atoms with Crippen molar-refractivity contribution < 1.29 is 34.1 Å². The number of carbonyl (C=O) groups is 4. The van der Waals surface area contributed by atoms with Crippen LogP contribution in [0.5, 0.6) is 0 Å². The fourth-order valence-electron chi connectivity index (χ4n) is 5.77. The summed E-state index contributed by atoms with van der Waals surface area (Å²) in [5.74, 6) is -1.11. The summed E-state index contributed by atoms with van der Waals surface area (Å²) in [6.07, 6.45) is 0.812. The number of amides is 4. The molecule has 0 spiro atoms. The number of nitrogens with zero attached hydrogens (tertiary/aromatic N) is 2. The Morgan fingerprint density at radius 2 is 1.83 bits per heavy atom. The zero-order valence-electron chi connectivity index (χ0n) is 25.3. The molecule has 5 rings (SSSR count). The Labute approximate surface area is 269 Å².